The zero-order chi connectivity index (χ0) is 26.4. The molecule has 0 aliphatic carbocycles. The van der Waals surface area contributed by atoms with Gasteiger partial charge in [-0.2, -0.15) is 9.97 Å². The summed E-state index contributed by atoms with van der Waals surface area (Å²) in [5.41, 5.74) is 1.05. The molecular formula is C29H32ClFN6O. The van der Waals surface area contributed by atoms with Gasteiger partial charge in [-0.15, -0.1) is 0 Å². The van der Waals surface area contributed by atoms with E-state index < -0.39 is 5.82 Å². The van der Waals surface area contributed by atoms with Crippen LogP contribution < -0.4 is 15.0 Å². The number of halogens is 2. The van der Waals surface area contributed by atoms with E-state index in [4.69, 9.17) is 21.3 Å². The number of fused-ring (bicyclic) bond motifs is 2. The number of nitrogens with one attached hydrogen (secondary N) is 1. The Morgan fingerprint density at radius 1 is 1.11 bits per heavy atom. The van der Waals surface area contributed by atoms with Crippen molar-refractivity contribution in [2.75, 3.05) is 38.2 Å². The molecular weight excluding hydrogens is 503 g/mol. The number of ether oxygens (including phenoxy) is 1. The first-order valence-corrected chi connectivity index (χ1v) is 13.6. The average Bonchev–Trinajstić information content (AvgIpc) is 3.31. The molecule has 2 aromatic heterocycles. The van der Waals surface area contributed by atoms with Crippen LogP contribution >= 0.6 is 11.6 Å². The standard InChI is InChI=1S/C29H32ClFN6O/c1-17-14-37(15-18(2)33-17)28-22-13-32-26(21-10-4-7-19-8-5-11-23(30)24(19)21)25(31)27(22)34-29(35-28)38-16-20-9-6-12-36(20)3/h4-5,7-8,10-11,13,17-18,20,33H,6,9,12,14-16H2,1-3H3/t17?,18?,20-/m0/s1. The zero-order valence-corrected chi connectivity index (χ0v) is 22.7. The summed E-state index contributed by atoms with van der Waals surface area (Å²) in [6, 6.07) is 12.4. The molecule has 0 spiro atoms. The van der Waals surface area contributed by atoms with Crippen molar-refractivity contribution in [3.8, 4) is 17.3 Å². The van der Waals surface area contributed by atoms with E-state index in [9.17, 15) is 0 Å². The van der Waals surface area contributed by atoms with Crippen LogP contribution in [0.5, 0.6) is 6.01 Å². The molecule has 0 radical (unpaired) electrons. The van der Waals surface area contributed by atoms with Gasteiger partial charge in [-0.05, 0) is 51.7 Å². The number of benzene rings is 2. The van der Waals surface area contributed by atoms with Gasteiger partial charge in [-0.3, -0.25) is 4.98 Å². The molecule has 4 heterocycles. The summed E-state index contributed by atoms with van der Waals surface area (Å²) in [6.07, 6.45) is 3.89. The summed E-state index contributed by atoms with van der Waals surface area (Å²) in [5, 5.41) is 6.36. The van der Waals surface area contributed by atoms with E-state index in [0.717, 1.165) is 43.2 Å². The highest BCUT2D eigenvalue weighted by Gasteiger charge is 2.28. The van der Waals surface area contributed by atoms with E-state index >= 15 is 4.39 Å². The minimum absolute atomic E-state index is 0.193. The van der Waals surface area contributed by atoms with E-state index in [1.54, 1.807) is 6.20 Å². The Bertz CT molecular complexity index is 1480. The van der Waals surface area contributed by atoms with Crippen molar-refractivity contribution in [2.24, 2.45) is 0 Å². The van der Waals surface area contributed by atoms with Crippen LogP contribution in [0.2, 0.25) is 5.02 Å². The molecule has 9 heteroatoms. The highest BCUT2D eigenvalue weighted by molar-refractivity contribution is 6.36. The lowest BCUT2D eigenvalue weighted by atomic mass is 10.0. The fourth-order valence-electron chi connectivity index (χ4n) is 5.87. The lowest BCUT2D eigenvalue weighted by Gasteiger charge is -2.37. The van der Waals surface area contributed by atoms with Crippen LogP contribution in [0.3, 0.4) is 0 Å². The van der Waals surface area contributed by atoms with Crippen molar-refractivity contribution in [1.29, 1.82) is 0 Å². The van der Waals surface area contributed by atoms with E-state index in [0.29, 0.717) is 34.4 Å². The van der Waals surface area contributed by atoms with Crippen molar-refractivity contribution in [1.82, 2.24) is 25.2 Å². The number of rotatable bonds is 5. The third-order valence-corrected chi connectivity index (χ3v) is 8.00. The number of likely N-dealkylation sites (tertiary alicyclic amines) is 1. The van der Waals surface area contributed by atoms with Gasteiger partial charge in [-0.1, -0.05) is 41.9 Å². The molecule has 0 amide bonds. The Morgan fingerprint density at radius 3 is 2.61 bits per heavy atom. The third-order valence-electron chi connectivity index (χ3n) is 7.69. The van der Waals surface area contributed by atoms with Gasteiger partial charge in [0.15, 0.2) is 5.82 Å². The number of anilines is 1. The molecule has 7 nitrogen and oxygen atoms in total. The molecule has 0 bridgehead atoms. The van der Waals surface area contributed by atoms with E-state index in [1.807, 2.05) is 36.4 Å². The van der Waals surface area contributed by atoms with Gasteiger partial charge in [0.05, 0.1) is 5.39 Å². The zero-order valence-electron chi connectivity index (χ0n) is 21.9. The smallest absolute Gasteiger partial charge is 0.319 e. The van der Waals surface area contributed by atoms with Gasteiger partial charge in [0.1, 0.15) is 23.6 Å². The fourth-order valence-corrected chi connectivity index (χ4v) is 6.15. The van der Waals surface area contributed by atoms with E-state index in [-0.39, 0.29) is 29.3 Å². The lowest BCUT2D eigenvalue weighted by Crippen LogP contribution is -2.54. The topological polar surface area (TPSA) is 66.4 Å². The minimum atomic E-state index is -0.502. The van der Waals surface area contributed by atoms with Gasteiger partial charge >= 0.3 is 6.01 Å². The number of aromatic nitrogens is 3. The second-order valence-electron chi connectivity index (χ2n) is 10.6. The van der Waals surface area contributed by atoms with Crippen molar-refractivity contribution < 1.29 is 9.13 Å². The highest BCUT2D eigenvalue weighted by atomic mass is 35.5. The van der Waals surface area contributed by atoms with Crippen LogP contribution in [0.15, 0.2) is 42.6 Å². The first kappa shape index (κ1) is 25.2. The van der Waals surface area contributed by atoms with Crippen molar-refractivity contribution >= 4 is 39.1 Å². The maximum atomic E-state index is 16.4. The Labute approximate surface area is 227 Å². The molecule has 0 saturated carbocycles. The molecule has 3 atom stereocenters. The summed E-state index contributed by atoms with van der Waals surface area (Å²) in [7, 11) is 2.10. The first-order chi connectivity index (χ1) is 18.4. The molecule has 2 aliphatic heterocycles. The SMILES string of the molecule is CC1CN(c2nc(OC[C@@H]3CCCN3C)nc3c(F)c(-c4cccc5cccc(Cl)c45)ncc23)CC(C)N1. The van der Waals surface area contributed by atoms with E-state index in [1.165, 1.54) is 0 Å². The van der Waals surface area contributed by atoms with Crippen molar-refractivity contribution in [3.05, 3.63) is 53.4 Å². The number of likely N-dealkylation sites (N-methyl/N-ethyl adjacent to an activating group) is 1. The quantitative estimate of drug-likeness (QED) is 0.373. The summed E-state index contributed by atoms with van der Waals surface area (Å²) >= 11 is 6.56. The normalized spacial score (nSPS) is 22.4. The number of pyridine rings is 1. The maximum absolute atomic E-state index is 16.4. The van der Waals surface area contributed by atoms with Gasteiger partial charge in [0.2, 0.25) is 0 Å². The second-order valence-corrected chi connectivity index (χ2v) is 11.0. The fraction of sp³-hybridized carbons (Fsp3) is 0.414. The van der Waals surface area contributed by atoms with Crippen molar-refractivity contribution in [3.63, 3.8) is 0 Å². The lowest BCUT2D eigenvalue weighted by molar-refractivity contribution is 0.188. The molecule has 38 heavy (non-hydrogen) atoms. The maximum Gasteiger partial charge on any atom is 0.319 e. The predicted octanol–water partition coefficient (Wildman–Crippen LogP) is 5.30. The van der Waals surface area contributed by atoms with Gasteiger partial charge in [0, 0.05) is 53.4 Å². The molecule has 2 aliphatic rings. The van der Waals surface area contributed by atoms with Gasteiger partial charge < -0.3 is 19.9 Å². The number of hydrogen-bond acceptors (Lipinski definition) is 7. The molecule has 2 saturated heterocycles. The second kappa shape index (κ2) is 10.2. The first-order valence-electron chi connectivity index (χ1n) is 13.3. The summed E-state index contributed by atoms with van der Waals surface area (Å²) < 4.78 is 22.5. The Hall–Kier alpha value is -3.07. The van der Waals surface area contributed by atoms with Crippen LogP contribution in [0.25, 0.3) is 32.9 Å². The molecule has 6 rings (SSSR count). The Kier molecular flexibility index (Phi) is 6.80. The number of nitrogens with zero attached hydrogens (tertiary/aromatic N) is 5. The third kappa shape index (κ3) is 4.65. The monoisotopic (exact) mass is 534 g/mol. The average molecular weight is 535 g/mol. The van der Waals surface area contributed by atoms with Crippen molar-refractivity contribution in [2.45, 2.75) is 44.8 Å². The summed E-state index contributed by atoms with van der Waals surface area (Å²) in [5.74, 6) is 0.150. The highest BCUT2D eigenvalue weighted by Crippen LogP contribution is 2.37. The molecule has 2 aromatic carbocycles. The Balaban J connectivity index is 1.49. The van der Waals surface area contributed by atoms with Crippen LogP contribution in [0.4, 0.5) is 10.2 Å². The molecule has 4 aromatic rings. The van der Waals surface area contributed by atoms with Gasteiger partial charge in [0.25, 0.3) is 0 Å². The minimum Gasteiger partial charge on any atom is -0.462 e. The van der Waals surface area contributed by atoms with Crippen LogP contribution in [-0.2, 0) is 0 Å². The predicted molar refractivity (Wildman–Crippen MR) is 151 cm³/mol. The largest absolute Gasteiger partial charge is 0.462 e. The summed E-state index contributed by atoms with van der Waals surface area (Å²) in [4.78, 5) is 18.5. The molecule has 1 N–H and O–H groups in total. The van der Waals surface area contributed by atoms with E-state index in [2.05, 4.69) is 46.0 Å². The van der Waals surface area contributed by atoms with Gasteiger partial charge in [-0.25, -0.2) is 4.39 Å². The Morgan fingerprint density at radius 2 is 1.87 bits per heavy atom. The molecule has 2 fully saturated rings. The van der Waals surface area contributed by atoms with Crippen LogP contribution in [0.1, 0.15) is 26.7 Å². The number of piperazine rings is 1. The van der Waals surface area contributed by atoms with Crippen LogP contribution in [0, 0.1) is 5.82 Å². The molecule has 198 valence electrons. The number of hydrogen-bond donors (Lipinski definition) is 1. The molecule has 2 unspecified atom stereocenters. The summed E-state index contributed by atoms with van der Waals surface area (Å²) in [6.45, 7) is 7.27. The van der Waals surface area contributed by atoms with Crippen LogP contribution in [-0.4, -0.2) is 71.3 Å².